The molecule has 0 radical (unpaired) electrons. The summed E-state index contributed by atoms with van der Waals surface area (Å²) < 4.78 is 0. The molecule has 1 fully saturated rings. The van der Waals surface area contributed by atoms with Crippen LogP contribution < -0.4 is 5.32 Å². The minimum absolute atomic E-state index is 0. The number of nitrogens with zero attached hydrogens (tertiary/aromatic N) is 3. The highest BCUT2D eigenvalue weighted by Crippen LogP contribution is 2.27. The van der Waals surface area contributed by atoms with Gasteiger partial charge in [0.05, 0.1) is 17.2 Å². The van der Waals surface area contributed by atoms with Crippen LogP contribution in [0.3, 0.4) is 0 Å². The van der Waals surface area contributed by atoms with Gasteiger partial charge >= 0.3 is 0 Å². The van der Waals surface area contributed by atoms with Crippen molar-refractivity contribution in [1.29, 1.82) is 0 Å². The first-order valence-electron chi connectivity index (χ1n) is 7.91. The molecule has 1 heterocycles. The van der Waals surface area contributed by atoms with Gasteiger partial charge < -0.3 is 10.2 Å². The van der Waals surface area contributed by atoms with E-state index in [4.69, 9.17) is 0 Å². The van der Waals surface area contributed by atoms with E-state index in [9.17, 15) is 0 Å². The molecule has 1 N–H and O–H groups in total. The smallest absolute Gasteiger partial charge is 0.193 e. The van der Waals surface area contributed by atoms with E-state index in [1.165, 1.54) is 25.7 Å². The fraction of sp³-hybridized carbons (Fsp3) is 0.750. The number of thiazole rings is 1. The van der Waals surface area contributed by atoms with Gasteiger partial charge in [0.15, 0.2) is 5.96 Å². The highest BCUT2D eigenvalue weighted by molar-refractivity contribution is 14.0. The van der Waals surface area contributed by atoms with Gasteiger partial charge in [-0.25, -0.2) is 4.98 Å². The molecule has 126 valence electrons. The van der Waals surface area contributed by atoms with Crippen LogP contribution >= 0.6 is 35.3 Å². The average Bonchev–Trinajstić information content (AvgIpc) is 2.87. The first-order chi connectivity index (χ1) is 10.1. The summed E-state index contributed by atoms with van der Waals surface area (Å²) in [4.78, 5) is 11.1. The molecule has 1 aliphatic carbocycles. The second kappa shape index (κ2) is 9.70. The molecule has 22 heavy (non-hydrogen) atoms. The Morgan fingerprint density at radius 3 is 2.64 bits per heavy atom. The highest BCUT2D eigenvalue weighted by atomic mass is 127. The van der Waals surface area contributed by atoms with Crippen molar-refractivity contribution in [2.24, 2.45) is 16.8 Å². The normalized spacial score (nSPS) is 22.1. The lowest BCUT2D eigenvalue weighted by molar-refractivity contribution is 0.287. The Bertz CT molecular complexity index is 466. The van der Waals surface area contributed by atoms with Gasteiger partial charge in [-0.3, -0.25) is 4.99 Å². The summed E-state index contributed by atoms with van der Waals surface area (Å²) in [5.74, 6) is 2.68. The van der Waals surface area contributed by atoms with Gasteiger partial charge in [0, 0.05) is 26.0 Å². The van der Waals surface area contributed by atoms with Crippen LogP contribution in [0.25, 0.3) is 0 Å². The second-order valence-electron chi connectivity index (χ2n) is 6.27. The Kier molecular flexibility index (Phi) is 8.67. The molecule has 1 aromatic heterocycles. The Morgan fingerprint density at radius 2 is 2.09 bits per heavy atom. The number of nitrogens with one attached hydrogen (secondary N) is 1. The van der Waals surface area contributed by atoms with E-state index < -0.39 is 0 Å². The van der Waals surface area contributed by atoms with Crippen LogP contribution in [0.1, 0.15) is 43.3 Å². The Labute approximate surface area is 155 Å². The minimum Gasteiger partial charge on any atom is -0.356 e. The molecular weight excluding hydrogens is 407 g/mol. The summed E-state index contributed by atoms with van der Waals surface area (Å²) in [6.45, 7) is 6.27. The van der Waals surface area contributed by atoms with E-state index in [-0.39, 0.29) is 24.0 Å². The predicted molar refractivity (Wildman–Crippen MR) is 106 cm³/mol. The summed E-state index contributed by atoms with van der Waals surface area (Å²) >= 11 is 1.70. The van der Waals surface area contributed by atoms with Crippen LogP contribution in [0.5, 0.6) is 0 Å². The van der Waals surface area contributed by atoms with Crippen molar-refractivity contribution in [2.45, 2.75) is 46.1 Å². The molecule has 0 spiro atoms. The van der Waals surface area contributed by atoms with Crippen LogP contribution in [0.15, 0.2) is 10.4 Å². The highest BCUT2D eigenvalue weighted by Gasteiger charge is 2.19. The minimum atomic E-state index is 0. The fourth-order valence-electron chi connectivity index (χ4n) is 2.95. The zero-order valence-corrected chi connectivity index (χ0v) is 17.3. The Morgan fingerprint density at radius 1 is 1.41 bits per heavy atom. The van der Waals surface area contributed by atoms with E-state index in [1.807, 2.05) is 14.0 Å². The van der Waals surface area contributed by atoms with Crippen LogP contribution in [0.4, 0.5) is 0 Å². The van der Waals surface area contributed by atoms with Crippen LogP contribution in [0.2, 0.25) is 0 Å². The van der Waals surface area contributed by atoms with Crippen molar-refractivity contribution in [2.75, 3.05) is 20.6 Å². The maximum atomic E-state index is 4.52. The molecule has 2 rings (SSSR count). The van der Waals surface area contributed by atoms with Crippen LogP contribution in [-0.4, -0.2) is 36.5 Å². The van der Waals surface area contributed by atoms with E-state index in [0.717, 1.165) is 41.6 Å². The quantitative estimate of drug-likeness (QED) is 0.442. The summed E-state index contributed by atoms with van der Waals surface area (Å²) in [5, 5.41) is 6.78. The molecule has 4 nitrogen and oxygen atoms in total. The van der Waals surface area contributed by atoms with Gasteiger partial charge in [-0.05, 0) is 31.6 Å². The van der Waals surface area contributed by atoms with E-state index in [0.29, 0.717) is 0 Å². The van der Waals surface area contributed by atoms with Gasteiger partial charge in [0.2, 0.25) is 0 Å². The van der Waals surface area contributed by atoms with Gasteiger partial charge in [-0.2, -0.15) is 0 Å². The number of aryl methyl sites for hydroxylation is 1. The topological polar surface area (TPSA) is 40.5 Å². The van der Waals surface area contributed by atoms with Crippen molar-refractivity contribution in [3.8, 4) is 0 Å². The number of guanidine groups is 1. The van der Waals surface area contributed by atoms with Crippen molar-refractivity contribution in [3.63, 3.8) is 0 Å². The number of hydrogen-bond acceptors (Lipinski definition) is 3. The third-order valence-corrected chi connectivity index (χ3v) is 5.15. The largest absolute Gasteiger partial charge is 0.356 e. The van der Waals surface area contributed by atoms with Gasteiger partial charge in [-0.15, -0.1) is 35.3 Å². The molecule has 1 aliphatic rings. The monoisotopic (exact) mass is 436 g/mol. The maximum Gasteiger partial charge on any atom is 0.193 e. The van der Waals surface area contributed by atoms with Crippen LogP contribution in [0, 0.1) is 18.8 Å². The number of hydrogen-bond donors (Lipinski definition) is 1. The van der Waals surface area contributed by atoms with Crippen molar-refractivity contribution < 1.29 is 0 Å². The first kappa shape index (κ1) is 19.7. The summed E-state index contributed by atoms with van der Waals surface area (Å²) in [6, 6.07) is 0. The summed E-state index contributed by atoms with van der Waals surface area (Å²) in [6.07, 6.45) is 5.44. The first-order valence-corrected chi connectivity index (χ1v) is 8.79. The van der Waals surface area contributed by atoms with E-state index in [2.05, 4.69) is 39.5 Å². The predicted octanol–water partition coefficient (Wildman–Crippen LogP) is 3.90. The molecule has 0 aromatic carbocycles. The molecule has 6 heteroatoms. The van der Waals surface area contributed by atoms with Gasteiger partial charge in [-0.1, -0.05) is 19.8 Å². The Hall–Kier alpha value is -0.370. The molecule has 0 amide bonds. The number of aliphatic imine (C=N–C) groups is 1. The number of rotatable bonds is 4. The zero-order chi connectivity index (χ0) is 15.2. The molecule has 1 aromatic rings. The molecule has 0 bridgehead atoms. The molecule has 0 aliphatic heterocycles. The fourth-order valence-corrected chi connectivity index (χ4v) is 3.56. The summed E-state index contributed by atoms with van der Waals surface area (Å²) in [7, 11) is 3.93. The standard InChI is InChI=1S/C16H28N4S.HI/c1-12-5-7-14(8-6-12)9-18-16(17-3)20(4)10-15-11-21-13(2)19-15;/h11-12,14H,5-10H2,1-4H3,(H,17,18);1H. The van der Waals surface area contributed by atoms with Crippen molar-refractivity contribution >= 4 is 41.3 Å². The SMILES string of the molecule is CN=C(NCC1CCC(C)CC1)N(C)Cc1csc(C)n1.I. The number of aromatic nitrogens is 1. The van der Waals surface area contributed by atoms with Crippen LogP contribution in [-0.2, 0) is 6.54 Å². The summed E-state index contributed by atoms with van der Waals surface area (Å²) in [5.41, 5.74) is 1.12. The third kappa shape index (κ3) is 6.02. The Balaban J connectivity index is 0.00000242. The number of halogens is 1. The zero-order valence-electron chi connectivity index (χ0n) is 14.1. The van der Waals surface area contributed by atoms with Crippen molar-refractivity contribution in [3.05, 3.63) is 16.1 Å². The van der Waals surface area contributed by atoms with Gasteiger partial charge in [0.1, 0.15) is 0 Å². The molecule has 0 saturated heterocycles. The molecule has 1 saturated carbocycles. The second-order valence-corrected chi connectivity index (χ2v) is 7.33. The lowest BCUT2D eigenvalue weighted by atomic mass is 9.83. The van der Waals surface area contributed by atoms with E-state index >= 15 is 0 Å². The average molecular weight is 436 g/mol. The maximum absolute atomic E-state index is 4.52. The lowest BCUT2D eigenvalue weighted by Crippen LogP contribution is -2.41. The van der Waals surface area contributed by atoms with Crippen molar-refractivity contribution in [1.82, 2.24) is 15.2 Å². The molecular formula is C16H29IN4S. The lowest BCUT2D eigenvalue weighted by Gasteiger charge is -2.28. The molecule has 0 unspecified atom stereocenters. The van der Waals surface area contributed by atoms with E-state index in [1.54, 1.807) is 11.3 Å². The third-order valence-electron chi connectivity index (χ3n) is 4.32. The molecule has 0 atom stereocenters. The van der Waals surface area contributed by atoms with Gasteiger partial charge in [0.25, 0.3) is 0 Å².